The van der Waals surface area contributed by atoms with Crippen LogP contribution in [0.25, 0.3) is 0 Å². The number of carboxylic acid groups (broad SMARTS) is 1. The first kappa shape index (κ1) is 11.4. The van der Waals surface area contributed by atoms with Gasteiger partial charge >= 0.3 is 12.1 Å². The number of hydrogen-bond acceptors (Lipinski definition) is 3. The van der Waals surface area contributed by atoms with Crippen molar-refractivity contribution in [2.24, 2.45) is 0 Å². The van der Waals surface area contributed by atoms with Crippen molar-refractivity contribution in [1.82, 2.24) is 4.90 Å². The van der Waals surface area contributed by atoms with Crippen LogP contribution in [0.1, 0.15) is 5.56 Å². The van der Waals surface area contributed by atoms with Crippen molar-refractivity contribution in [3.8, 4) is 0 Å². The summed E-state index contributed by atoms with van der Waals surface area (Å²) in [4.78, 5) is 23.8. The van der Waals surface area contributed by atoms with Crippen LogP contribution in [-0.4, -0.2) is 41.3 Å². The molecule has 1 saturated heterocycles. The van der Waals surface area contributed by atoms with Crippen LogP contribution >= 0.6 is 0 Å². The molecule has 0 aromatic heterocycles. The largest absolute Gasteiger partial charge is 0.480 e. The van der Waals surface area contributed by atoms with Gasteiger partial charge in [0.2, 0.25) is 0 Å². The van der Waals surface area contributed by atoms with Gasteiger partial charge in [-0.15, -0.1) is 0 Å². The van der Waals surface area contributed by atoms with E-state index in [0.717, 1.165) is 5.56 Å². The first-order valence-corrected chi connectivity index (χ1v) is 5.38. The highest BCUT2D eigenvalue weighted by Crippen LogP contribution is 2.14. The number of cyclic esters (lactones) is 1. The third-order valence-corrected chi connectivity index (χ3v) is 2.73. The van der Waals surface area contributed by atoms with Crippen molar-refractivity contribution in [2.75, 3.05) is 13.2 Å². The van der Waals surface area contributed by atoms with Gasteiger partial charge in [-0.1, -0.05) is 30.3 Å². The topological polar surface area (TPSA) is 66.8 Å². The van der Waals surface area contributed by atoms with E-state index in [1.807, 2.05) is 30.3 Å². The summed E-state index contributed by atoms with van der Waals surface area (Å²) in [6.45, 7) is 0.597. The Labute approximate surface area is 98.6 Å². The van der Waals surface area contributed by atoms with Gasteiger partial charge in [0.1, 0.15) is 12.6 Å². The minimum atomic E-state index is -1.01. The van der Waals surface area contributed by atoms with Gasteiger partial charge in [-0.25, -0.2) is 9.59 Å². The summed E-state index contributed by atoms with van der Waals surface area (Å²) in [6, 6.07) is 8.39. The molecular weight excluding hydrogens is 222 g/mol. The average molecular weight is 235 g/mol. The van der Waals surface area contributed by atoms with Crippen molar-refractivity contribution in [3.05, 3.63) is 35.9 Å². The molecule has 1 aliphatic rings. The van der Waals surface area contributed by atoms with Crippen molar-refractivity contribution in [2.45, 2.75) is 12.5 Å². The molecule has 2 rings (SSSR count). The molecule has 5 heteroatoms. The standard InChI is InChI=1S/C12H13NO4/c14-11(15)10(13-6-7-17-12(13)16)8-9-4-2-1-3-5-9/h1-5,10H,6-8H2,(H,14,15). The number of carboxylic acids is 1. The van der Waals surface area contributed by atoms with E-state index in [9.17, 15) is 9.59 Å². The molecular formula is C12H13NO4. The average Bonchev–Trinajstić information content (AvgIpc) is 2.73. The fourth-order valence-corrected chi connectivity index (χ4v) is 1.86. The highest BCUT2D eigenvalue weighted by Gasteiger charge is 2.34. The van der Waals surface area contributed by atoms with E-state index < -0.39 is 18.1 Å². The van der Waals surface area contributed by atoms with Crippen LogP contribution in [0.15, 0.2) is 30.3 Å². The monoisotopic (exact) mass is 235 g/mol. The van der Waals surface area contributed by atoms with Crippen LogP contribution in [-0.2, 0) is 16.0 Å². The van der Waals surface area contributed by atoms with Gasteiger partial charge in [-0.2, -0.15) is 0 Å². The molecule has 1 fully saturated rings. The molecule has 0 aliphatic carbocycles. The molecule has 1 heterocycles. The normalized spacial score (nSPS) is 16.7. The Kier molecular flexibility index (Phi) is 3.27. The third-order valence-electron chi connectivity index (χ3n) is 2.73. The lowest BCUT2D eigenvalue weighted by Crippen LogP contribution is -2.43. The maximum Gasteiger partial charge on any atom is 0.410 e. The summed E-state index contributed by atoms with van der Waals surface area (Å²) in [5, 5.41) is 9.16. The number of nitrogens with zero attached hydrogens (tertiary/aromatic N) is 1. The molecule has 0 spiro atoms. The number of carbonyl (C=O) groups excluding carboxylic acids is 1. The fraction of sp³-hybridized carbons (Fsp3) is 0.333. The molecule has 1 atom stereocenters. The molecule has 1 unspecified atom stereocenters. The lowest BCUT2D eigenvalue weighted by molar-refractivity contribution is -0.142. The Morgan fingerprint density at radius 1 is 1.41 bits per heavy atom. The Hall–Kier alpha value is -2.04. The molecule has 5 nitrogen and oxygen atoms in total. The second-order valence-electron chi connectivity index (χ2n) is 3.85. The summed E-state index contributed by atoms with van der Waals surface area (Å²) >= 11 is 0. The van der Waals surface area contributed by atoms with Crippen molar-refractivity contribution >= 4 is 12.1 Å². The maximum absolute atomic E-state index is 11.4. The second-order valence-corrected chi connectivity index (χ2v) is 3.85. The van der Waals surface area contributed by atoms with Crippen molar-refractivity contribution < 1.29 is 19.4 Å². The number of ether oxygens (including phenoxy) is 1. The van der Waals surface area contributed by atoms with Gasteiger partial charge in [-0.3, -0.25) is 4.90 Å². The molecule has 1 aromatic carbocycles. The second kappa shape index (κ2) is 4.86. The maximum atomic E-state index is 11.4. The number of amides is 1. The van der Waals surface area contributed by atoms with E-state index in [2.05, 4.69) is 0 Å². The van der Waals surface area contributed by atoms with Crippen LogP contribution in [0.2, 0.25) is 0 Å². The zero-order valence-corrected chi connectivity index (χ0v) is 9.20. The van der Waals surface area contributed by atoms with Crippen LogP contribution < -0.4 is 0 Å². The number of aliphatic carboxylic acids is 1. The minimum absolute atomic E-state index is 0.261. The van der Waals surface area contributed by atoms with E-state index in [4.69, 9.17) is 9.84 Å². The molecule has 1 amide bonds. The zero-order chi connectivity index (χ0) is 12.3. The molecule has 17 heavy (non-hydrogen) atoms. The lowest BCUT2D eigenvalue weighted by atomic mass is 10.1. The fourth-order valence-electron chi connectivity index (χ4n) is 1.86. The van der Waals surface area contributed by atoms with Crippen LogP contribution in [0.5, 0.6) is 0 Å². The molecule has 0 radical (unpaired) electrons. The Bertz CT molecular complexity index is 418. The number of carbonyl (C=O) groups is 2. The number of rotatable bonds is 4. The van der Waals surface area contributed by atoms with Gasteiger partial charge in [0.15, 0.2) is 0 Å². The van der Waals surface area contributed by atoms with Gasteiger partial charge in [0, 0.05) is 6.42 Å². The number of hydrogen-bond donors (Lipinski definition) is 1. The Morgan fingerprint density at radius 3 is 2.65 bits per heavy atom. The van der Waals surface area contributed by atoms with Crippen LogP contribution in [0.3, 0.4) is 0 Å². The molecule has 1 N–H and O–H groups in total. The van der Waals surface area contributed by atoms with Crippen LogP contribution in [0.4, 0.5) is 4.79 Å². The van der Waals surface area contributed by atoms with E-state index >= 15 is 0 Å². The first-order valence-electron chi connectivity index (χ1n) is 5.38. The molecule has 1 aliphatic heterocycles. The quantitative estimate of drug-likeness (QED) is 0.849. The summed E-state index contributed by atoms with van der Waals surface area (Å²) in [5.41, 5.74) is 0.889. The Balaban J connectivity index is 2.13. The van der Waals surface area contributed by atoms with Crippen molar-refractivity contribution in [1.29, 1.82) is 0 Å². The Morgan fingerprint density at radius 2 is 2.12 bits per heavy atom. The summed E-state index contributed by atoms with van der Waals surface area (Å²) in [7, 11) is 0. The predicted octanol–water partition coefficient (Wildman–Crippen LogP) is 1.13. The third kappa shape index (κ3) is 2.55. The highest BCUT2D eigenvalue weighted by molar-refractivity contribution is 5.81. The van der Waals surface area contributed by atoms with Gasteiger partial charge < -0.3 is 9.84 Å². The molecule has 1 aromatic rings. The molecule has 0 bridgehead atoms. The summed E-state index contributed by atoms with van der Waals surface area (Å²) in [5.74, 6) is -1.01. The highest BCUT2D eigenvalue weighted by atomic mass is 16.6. The van der Waals surface area contributed by atoms with Gasteiger partial charge in [0.25, 0.3) is 0 Å². The van der Waals surface area contributed by atoms with Crippen molar-refractivity contribution in [3.63, 3.8) is 0 Å². The van der Waals surface area contributed by atoms with E-state index in [0.29, 0.717) is 13.0 Å². The predicted molar refractivity (Wildman–Crippen MR) is 59.6 cm³/mol. The lowest BCUT2D eigenvalue weighted by Gasteiger charge is -2.21. The van der Waals surface area contributed by atoms with E-state index in [1.54, 1.807) is 0 Å². The SMILES string of the molecule is O=C(O)C(Cc1ccccc1)N1CCOC1=O. The summed E-state index contributed by atoms with van der Waals surface area (Å²) in [6.07, 6.45) is -0.251. The van der Waals surface area contributed by atoms with Gasteiger partial charge in [0.05, 0.1) is 6.54 Å². The van der Waals surface area contributed by atoms with Crippen LogP contribution in [0, 0.1) is 0 Å². The van der Waals surface area contributed by atoms with Gasteiger partial charge in [-0.05, 0) is 5.56 Å². The summed E-state index contributed by atoms with van der Waals surface area (Å²) < 4.78 is 4.76. The molecule has 0 saturated carbocycles. The number of benzene rings is 1. The zero-order valence-electron chi connectivity index (χ0n) is 9.20. The first-order chi connectivity index (χ1) is 8.18. The minimum Gasteiger partial charge on any atom is -0.480 e. The smallest absolute Gasteiger partial charge is 0.410 e. The van der Waals surface area contributed by atoms with E-state index in [1.165, 1.54) is 4.90 Å². The molecule has 90 valence electrons. The van der Waals surface area contributed by atoms with E-state index in [-0.39, 0.29) is 6.61 Å².